The molecule has 206 valence electrons. The maximum Gasteiger partial charge on any atom is 0.323 e. The molecule has 3 fully saturated rings. The van der Waals surface area contributed by atoms with Crippen LogP contribution in [0.4, 0.5) is 0 Å². The highest BCUT2D eigenvalue weighted by Crippen LogP contribution is 2.69. The number of ether oxygens (including phenoxy) is 1. The Morgan fingerprint density at radius 1 is 1.12 bits per heavy atom. The van der Waals surface area contributed by atoms with Crippen LogP contribution in [-0.2, 0) is 21.0 Å². The van der Waals surface area contributed by atoms with Gasteiger partial charge < -0.3 is 14.8 Å². The largest absolute Gasteiger partial charge is 0.489 e. The molecule has 0 radical (unpaired) electrons. The van der Waals surface area contributed by atoms with E-state index in [1.807, 2.05) is 43.3 Å². The molecule has 2 saturated carbocycles. The number of hydrogen-bond donors (Lipinski definition) is 2. The van der Waals surface area contributed by atoms with Crippen molar-refractivity contribution in [3.05, 3.63) is 78.7 Å². The number of imide groups is 1. The lowest BCUT2D eigenvalue weighted by Crippen LogP contribution is -2.42. The highest BCUT2D eigenvalue weighted by Gasteiger charge is 2.69. The number of carboxylic acid groups (broad SMARTS) is 1. The van der Waals surface area contributed by atoms with Crippen LogP contribution in [-0.4, -0.2) is 44.6 Å². The van der Waals surface area contributed by atoms with Crippen LogP contribution in [0.3, 0.4) is 0 Å². The molecular weight excluding hydrogens is 572 g/mol. The highest BCUT2D eigenvalue weighted by molar-refractivity contribution is 8.00. The minimum Gasteiger partial charge on any atom is -0.489 e. The van der Waals surface area contributed by atoms with Gasteiger partial charge in [-0.1, -0.05) is 47.2 Å². The molecule has 8 nitrogen and oxygen atoms in total. The van der Waals surface area contributed by atoms with E-state index < -0.39 is 24.3 Å². The number of carbonyl (C=O) groups is 3. The van der Waals surface area contributed by atoms with Crippen molar-refractivity contribution in [3.8, 4) is 5.75 Å². The van der Waals surface area contributed by atoms with Gasteiger partial charge in [0.05, 0.1) is 16.9 Å². The average molecular weight is 597 g/mol. The Hall–Kier alpha value is -3.08. The maximum atomic E-state index is 13.4. The van der Waals surface area contributed by atoms with Gasteiger partial charge in [0.1, 0.15) is 18.9 Å². The van der Waals surface area contributed by atoms with Crippen LogP contribution in [0.1, 0.15) is 33.9 Å². The minimum atomic E-state index is -1.20. The number of halogens is 1. The Morgan fingerprint density at radius 2 is 1.88 bits per heavy atom. The average Bonchev–Trinajstić information content (AvgIpc) is 3.64. The van der Waals surface area contributed by atoms with Gasteiger partial charge in [-0.15, -0.1) is 11.8 Å². The molecule has 3 aromatic rings. The van der Waals surface area contributed by atoms with E-state index in [-0.39, 0.29) is 45.6 Å². The summed E-state index contributed by atoms with van der Waals surface area (Å²) < 4.78 is 6.40. The van der Waals surface area contributed by atoms with Crippen molar-refractivity contribution in [1.82, 2.24) is 9.88 Å². The fourth-order valence-electron chi connectivity index (χ4n) is 7.54. The molecule has 2 aliphatic carbocycles. The number of carboxylic acids is 1. The second-order valence-corrected chi connectivity index (χ2v) is 13.7. The van der Waals surface area contributed by atoms with Crippen LogP contribution < -0.4 is 9.61 Å². The number of H-pyrrole nitrogens is 1. The summed E-state index contributed by atoms with van der Waals surface area (Å²) in [6.07, 6.45) is 0.714. The fourth-order valence-corrected chi connectivity index (χ4v) is 10.6. The van der Waals surface area contributed by atoms with Crippen molar-refractivity contribution >= 4 is 52.5 Å². The fraction of sp³-hybridized carbons (Fsp3) is 0.379. The van der Waals surface area contributed by atoms with Crippen LogP contribution >= 0.6 is 34.7 Å². The monoisotopic (exact) mass is 596 g/mol. The number of amides is 2. The molecule has 0 spiro atoms. The van der Waals surface area contributed by atoms with Crippen molar-refractivity contribution in [2.45, 2.75) is 36.1 Å². The first-order valence-corrected chi connectivity index (χ1v) is 15.2. The zero-order chi connectivity index (χ0) is 27.9. The Kier molecular flexibility index (Phi) is 6.14. The summed E-state index contributed by atoms with van der Waals surface area (Å²) in [6, 6.07) is 13.5. The van der Waals surface area contributed by atoms with Crippen molar-refractivity contribution in [1.29, 1.82) is 0 Å². The van der Waals surface area contributed by atoms with Gasteiger partial charge in [0, 0.05) is 26.6 Å². The standard InChI is InChI=1S/C29H25ClN2O6S2/c1-12-4-2-3-5-13(12)11-38-18-7-6-14(30)8-15(18)20-21-16-9-17(24(21)39-26-25(20)40-29(37)31-26)23-22(16)27(35)32(28(23)36)10-19(33)34/h2-8,16-17,20-24H,9-11H2,1H3,(H,31,37)(H,33,34)/t16?,17?,20-,21?,22?,23?,24?/m1/s1. The summed E-state index contributed by atoms with van der Waals surface area (Å²) in [5, 5.41) is 10.6. The highest BCUT2D eigenvalue weighted by atomic mass is 35.5. The molecule has 6 unspecified atom stereocenters. The van der Waals surface area contributed by atoms with Crippen molar-refractivity contribution in [2.75, 3.05) is 6.54 Å². The van der Waals surface area contributed by atoms with E-state index in [1.165, 1.54) is 11.3 Å². The number of thioether (sulfide) groups is 1. The number of aromatic amines is 1. The molecule has 4 aliphatic rings. The van der Waals surface area contributed by atoms with Gasteiger partial charge in [-0.05, 0) is 60.4 Å². The number of nitrogens with zero attached hydrogens (tertiary/aromatic N) is 1. The van der Waals surface area contributed by atoms with Crippen LogP contribution in [0.5, 0.6) is 5.75 Å². The van der Waals surface area contributed by atoms with Crippen molar-refractivity contribution < 1.29 is 24.2 Å². The smallest absolute Gasteiger partial charge is 0.323 e. The number of benzene rings is 2. The lowest BCUT2D eigenvalue weighted by molar-refractivity contribution is -0.149. The van der Waals surface area contributed by atoms with E-state index in [0.29, 0.717) is 23.8 Å². The molecule has 2 aliphatic heterocycles. The third-order valence-electron chi connectivity index (χ3n) is 9.06. The predicted molar refractivity (Wildman–Crippen MR) is 150 cm³/mol. The lowest BCUT2D eigenvalue weighted by atomic mass is 9.68. The molecule has 2 aromatic carbocycles. The predicted octanol–water partition coefficient (Wildman–Crippen LogP) is 4.54. The van der Waals surface area contributed by atoms with Gasteiger partial charge in [-0.2, -0.15) is 0 Å². The number of rotatable bonds is 6. The number of fused-ring (bicyclic) bond motifs is 9. The number of aromatic nitrogens is 1. The summed E-state index contributed by atoms with van der Waals surface area (Å²) in [6.45, 7) is 1.79. The molecule has 2 amide bonds. The number of carbonyl (C=O) groups excluding carboxylic acids is 2. The van der Waals surface area contributed by atoms with E-state index in [4.69, 9.17) is 16.3 Å². The van der Waals surface area contributed by atoms with Crippen LogP contribution in [0.25, 0.3) is 0 Å². The Bertz CT molecular complexity index is 1630. The molecule has 7 rings (SSSR count). The molecule has 11 heteroatoms. The van der Waals surface area contributed by atoms with Gasteiger partial charge in [0.15, 0.2) is 0 Å². The number of likely N-dealkylation sites (tertiary alicyclic amines) is 1. The number of aliphatic carboxylic acids is 1. The molecule has 1 saturated heterocycles. The second-order valence-electron chi connectivity index (χ2n) is 11.0. The molecule has 3 heterocycles. The van der Waals surface area contributed by atoms with Gasteiger partial charge in [-0.3, -0.25) is 24.1 Å². The van der Waals surface area contributed by atoms with E-state index in [1.54, 1.807) is 17.8 Å². The second kappa shape index (κ2) is 9.49. The molecular formula is C29H25ClN2O6S2. The molecule has 2 bridgehead atoms. The molecule has 2 N–H and O–H groups in total. The first kappa shape index (κ1) is 25.9. The number of aryl methyl sites for hydroxylation is 1. The van der Waals surface area contributed by atoms with Gasteiger partial charge >= 0.3 is 10.8 Å². The first-order chi connectivity index (χ1) is 19.2. The van der Waals surface area contributed by atoms with Crippen molar-refractivity contribution in [3.63, 3.8) is 0 Å². The molecule has 1 aromatic heterocycles. The normalized spacial score (nSPS) is 29.9. The SMILES string of the molecule is Cc1ccccc1COc1ccc(Cl)cc1[C@H]1c2sc(=O)[nH]c2SC2C3CC(C4C(=O)N(CC(=O)O)C(=O)C34)C21. The molecule has 40 heavy (non-hydrogen) atoms. The third-order valence-corrected chi connectivity index (χ3v) is 11.9. The van der Waals surface area contributed by atoms with E-state index in [9.17, 15) is 24.3 Å². The topological polar surface area (TPSA) is 117 Å². The number of thiazole rings is 1. The summed E-state index contributed by atoms with van der Waals surface area (Å²) in [4.78, 5) is 55.4. The number of hydrogen-bond acceptors (Lipinski definition) is 7. The lowest BCUT2D eigenvalue weighted by Gasteiger charge is -2.43. The van der Waals surface area contributed by atoms with E-state index >= 15 is 0 Å². The Morgan fingerprint density at radius 3 is 2.62 bits per heavy atom. The summed E-state index contributed by atoms with van der Waals surface area (Å²) in [7, 11) is 0. The van der Waals surface area contributed by atoms with Crippen molar-refractivity contribution in [2.24, 2.45) is 29.6 Å². The zero-order valence-corrected chi connectivity index (χ0v) is 23.7. The Labute approximate surface area is 242 Å². The van der Waals surface area contributed by atoms with Gasteiger partial charge in [-0.25, -0.2) is 0 Å². The quantitative estimate of drug-likeness (QED) is 0.401. The van der Waals surface area contributed by atoms with Crippen LogP contribution in [0.2, 0.25) is 5.02 Å². The maximum absolute atomic E-state index is 13.4. The van der Waals surface area contributed by atoms with Gasteiger partial charge in [0.25, 0.3) is 0 Å². The third kappa shape index (κ3) is 3.87. The van der Waals surface area contributed by atoms with E-state index in [2.05, 4.69) is 4.98 Å². The zero-order valence-electron chi connectivity index (χ0n) is 21.3. The van der Waals surface area contributed by atoms with E-state index in [0.717, 1.165) is 31.5 Å². The Balaban J connectivity index is 1.31. The van der Waals surface area contributed by atoms with Crippen LogP contribution in [0, 0.1) is 36.5 Å². The summed E-state index contributed by atoms with van der Waals surface area (Å²) in [5.74, 6) is -2.89. The summed E-state index contributed by atoms with van der Waals surface area (Å²) >= 11 is 9.29. The van der Waals surface area contributed by atoms with Crippen LogP contribution in [0.15, 0.2) is 52.3 Å². The minimum absolute atomic E-state index is 0.0151. The first-order valence-electron chi connectivity index (χ1n) is 13.2. The number of nitrogens with one attached hydrogen (secondary N) is 1. The van der Waals surface area contributed by atoms with Gasteiger partial charge in [0.2, 0.25) is 11.8 Å². The summed E-state index contributed by atoms with van der Waals surface area (Å²) in [5.41, 5.74) is 3.03. The molecule has 7 atom stereocenters.